The highest BCUT2D eigenvalue weighted by Crippen LogP contribution is 2.24. The summed E-state index contributed by atoms with van der Waals surface area (Å²) in [4.78, 5) is 5.61. The first kappa shape index (κ1) is 8.94. The van der Waals surface area contributed by atoms with Crippen molar-refractivity contribution in [3.8, 4) is 6.07 Å². The molecular formula is C9H7N3OS. The maximum absolute atomic E-state index is 9.75. The number of aromatic nitrogens is 1. The van der Waals surface area contributed by atoms with Crippen LogP contribution in [0.1, 0.15) is 0 Å². The average Bonchev–Trinajstić information content (AvgIpc) is 2.71. The van der Waals surface area contributed by atoms with Crippen molar-refractivity contribution in [1.29, 1.82) is 5.26 Å². The zero-order valence-corrected chi connectivity index (χ0v) is 7.98. The van der Waals surface area contributed by atoms with Gasteiger partial charge in [-0.3, -0.25) is 4.90 Å². The van der Waals surface area contributed by atoms with Crippen LogP contribution in [0.2, 0.25) is 0 Å². The molecule has 1 aliphatic heterocycles. The van der Waals surface area contributed by atoms with Crippen molar-refractivity contribution in [2.75, 3.05) is 4.90 Å². The summed E-state index contributed by atoms with van der Waals surface area (Å²) in [6.45, 7) is 0. The standard InChI is InChI=1S/C9H7N3OS/c10-6-7-2-1-4-12(8(7)13)9-11-3-5-14-9/h1-5,8,13H. The number of anilines is 1. The molecule has 1 aromatic heterocycles. The van der Waals surface area contributed by atoms with Crippen LogP contribution >= 0.6 is 11.3 Å². The van der Waals surface area contributed by atoms with E-state index in [2.05, 4.69) is 4.98 Å². The molecular weight excluding hydrogens is 198 g/mol. The first-order valence-electron chi connectivity index (χ1n) is 3.97. The number of thiazole rings is 1. The minimum absolute atomic E-state index is 0.322. The Labute approximate surface area is 85.0 Å². The third kappa shape index (κ3) is 1.41. The Hall–Kier alpha value is -1.64. The van der Waals surface area contributed by atoms with Gasteiger partial charge in [0, 0.05) is 17.8 Å². The van der Waals surface area contributed by atoms with Crippen LogP contribution < -0.4 is 4.90 Å². The molecule has 1 unspecified atom stereocenters. The fourth-order valence-electron chi connectivity index (χ4n) is 1.16. The van der Waals surface area contributed by atoms with Crippen LogP contribution in [-0.2, 0) is 0 Å². The maximum Gasteiger partial charge on any atom is 0.191 e. The van der Waals surface area contributed by atoms with Crippen LogP contribution in [0.4, 0.5) is 5.13 Å². The summed E-state index contributed by atoms with van der Waals surface area (Å²) < 4.78 is 0. The van der Waals surface area contributed by atoms with E-state index < -0.39 is 6.23 Å². The van der Waals surface area contributed by atoms with Gasteiger partial charge in [-0.1, -0.05) is 0 Å². The number of aliphatic hydroxyl groups excluding tert-OH is 1. The number of aliphatic hydroxyl groups is 1. The van der Waals surface area contributed by atoms with E-state index >= 15 is 0 Å². The van der Waals surface area contributed by atoms with E-state index in [4.69, 9.17) is 5.26 Å². The molecule has 70 valence electrons. The van der Waals surface area contributed by atoms with Crippen LogP contribution in [0.25, 0.3) is 0 Å². The van der Waals surface area contributed by atoms with E-state index in [0.29, 0.717) is 10.7 Å². The molecule has 0 aliphatic carbocycles. The monoisotopic (exact) mass is 205 g/mol. The number of rotatable bonds is 1. The van der Waals surface area contributed by atoms with Crippen molar-refractivity contribution in [3.05, 3.63) is 35.5 Å². The Bertz CT molecular complexity index is 416. The summed E-state index contributed by atoms with van der Waals surface area (Å²) in [6, 6.07) is 1.94. The van der Waals surface area contributed by atoms with E-state index in [0.717, 1.165) is 0 Å². The van der Waals surface area contributed by atoms with Gasteiger partial charge in [-0.15, -0.1) is 11.3 Å². The van der Waals surface area contributed by atoms with Crippen molar-refractivity contribution in [3.63, 3.8) is 0 Å². The average molecular weight is 205 g/mol. The van der Waals surface area contributed by atoms with Crippen molar-refractivity contribution >= 4 is 16.5 Å². The minimum atomic E-state index is -0.920. The zero-order valence-electron chi connectivity index (χ0n) is 7.16. The fraction of sp³-hybridized carbons (Fsp3) is 0.111. The zero-order chi connectivity index (χ0) is 9.97. The molecule has 0 fully saturated rings. The smallest absolute Gasteiger partial charge is 0.191 e. The molecule has 2 heterocycles. The lowest BCUT2D eigenvalue weighted by molar-refractivity contribution is 0.219. The highest BCUT2D eigenvalue weighted by atomic mass is 32.1. The second-order valence-electron chi connectivity index (χ2n) is 2.67. The van der Waals surface area contributed by atoms with Crippen molar-refractivity contribution in [2.45, 2.75) is 6.23 Å². The summed E-state index contributed by atoms with van der Waals surface area (Å²) in [5, 5.41) is 21.0. The molecule has 0 bridgehead atoms. The van der Waals surface area contributed by atoms with Crippen LogP contribution in [0, 0.1) is 11.3 Å². The van der Waals surface area contributed by atoms with Gasteiger partial charge in [0.25, 0.3) is 0 Å². The molecule has 0 radical (unpaired) electrons. The normalized spacial score (nSPS) is 20.4. The van der Waals surface area contributed by atoms with Gasteiger partial charge < -0.3 is 5.11 Å². The molecule has 5 heteroatoms. The first-order chi connectivity index (χ1) is 6.83. The fourth-order valence-corrected chi connectivity index (χ4v) is 1.81. The molecule has 1 aromatic rings. The quantitative estimate of drug-likeness (QED) is 0.749. The third-order valence-electron chi connectivity index (χ3n) is 1.83. The second kappa shape index (κ2) is 3.62. The molecule has 0 aromatic carbocycles. The Morgan fingerprint density at radius 2 is 2.50 bits per heavy atom. The number of nitrogens with zero attached hydrogens (tertiary/aromatic N) is 3. The summed E-state index contributed by atoms with van der Waals surface area (Å²) in [5.74, 6) is 0. The van der Waals surface area contributed by atoms with Gasteiger partial charge in [-0.2, -0.15) is 5.26 Å². The lowest BCUT2D eigenvalue weighted by Crippen LogP contribution is -2.33. The molecule has 0 saturated carbocycles. The Morgan fingerprint density at radius 1 is 1.64 bits per heavy atom. The molecule has 1 N–H and O–H groups in total. The number of nitriles is 1. The largest absolute Gasteiger partial charge is 0.368 e. The maximum atomic E-state index is 9.75. The Balaban J connectivity index is 2.30. The van der Waals surface area contributed by atoms with Crippen molar-refractivity contribution < 1.29 is 5.11 Å². The van der Waals surface area contributed by atoms with E-state index in [1.54, 1.807) is 29.4 Å². The number of hydrogen-bond acceptors (Lipinski definition) is 5. The van der Waals surface area contributed by atoms with Gasteiger partial charge in [-0.25, -0.2) is 4.98 Å². The van der Waals surface area contributed by atoms with E-state index in [1.807, 2.05) is 11.4 Å². The van der Waals surface area contributed by atoms with Gasteiger partial charge in [0.05, 0.1) is 11.6 Å². The first-order valence-corrected chi connectivity index (χ1v) is 4.85. The van der Waals surface area contributed by atoms with E-state index in [9.17, 15) is 5.11 Å². The lowest BCUT2D eigenvalue weighted by atomic mass is 10.2. The lowest BCUT2D eigenvalue weighted by Gasteiger charge is -2.25. The summed E-state index contributed by atoms with van der Waals surface area (Å²) in [5.41, 5.74) is 0.322. The molecule has 0 saturated heterocycles. The highest BCUT2D eigenvalue weighted by Gasteiger charge is 2.22. The molecule has 2 rings (SSSR count). The van der Waals surface area contributed by atoms with Gasteiger partial charge in [0.1, 0.15) is 0 Å². The van der Waals surface area contributed by atoms with Gasteiger partial charge in [-0.05, 0) is 12.2 Å². The summed E-state index contributed by atoms with van der Waals surface area (Å²) in [6.07, 6.45) is 5.74. The highest BCUT2D eigenvalue weighted by molar-refractivity contribution is 7.13. The number of hydrogen-bond donors (Lipinski definition) is 1. The second-order valence-corrected chi connectivity index (χ2v) is 3.54. The van der Waals surface area contributed by atoms with Crippen LogP contribution in [-0.4, -0.2) is 16.3 Å². The van der Waals surface area contributed by atoms with Gasteiger partial charge in [0.2, 0.25) is 0 Å². The SMILES string of the molecule is N#CC1=CC=CN(c2nccs2)C1O. The molecule has 0 spiro atoms. The molecule has 1 atom stereocenters. The van der Waals surface area contributed by atoms with Crippen molar-refractivity contribution in [2.24, 2.45) is 0 Å². The van der Waals surface area contributed by atoms with Gasteiger partial charge in [0.15, 0.2) is 11.4 Å². The molecule has 14 heavy (non-hydrogen) atoms. The van der Waals surface area contributed by atoms with Gasteiger partial charge >= 0.3 is 0 Å². The van der Waals surface area contributed by atoms with Crippen LogP contribution in [0.3, 0.4) is 0 Å². The summed E-state index contributed by atoms with van der Waals surface area (Å²) in [7, 11) is 0. The molecule has 1 aliphatic rings. The van der Waals surface area contributed by atoms with Crippen molar-refractivity contribution in [1.82, 2.24) is 4.98 Å². The minimum Gasteiger partial charge on any atom is -0.368 e. The topological polar surface area (TPSA) is 60.2 Å². The van der Waals surface area contributed by atoms with Crippen LogP contribution in [0.5, 0.6) is 0 Å². The van der Waals surface area contributed by atoms with Crippen LogP contribution in [0.15, 0.2) is 35.5 Å². The Morgan fingerprint density at radius 3 is 3.14 bits per heavy atom. The van der Waals surface area contributed by atoms with E-state index in [1.165, 1.54) is 11.3 Å². The third-order valence-corrected chi connectivity index (χ3v) is 2.62. The summed E-state index contributed by atoms with van der Waals surface area (Å²) >= 11 is 1.41. The number of allylic oxidation sites excluding steroid dienone is 2. The Kier molecular flexibility index (Phi) is 2.31. The predicted molar refractivity (Wildman–Crippen MR) is 53.4 cm³/mol. The molecule has 0 amide bonds. The van der Waals surface area contributed by atoms with E-state index in [-0.39, 0.29) is 0 Å². The molecule has 4 nitrogen and oxygen atoms in total. The predicted octanol–water partition coefficient (Wildman–Crippen LogP) is 1.25.